The summed E-state index contributed by atoms with van der Waals surface area (Å²) in [6, 6.07) is 74.9. The van der Waals surface area contributed by atoms with Crippen LogP contribution in [0.1, 0.15) is 0 Å². The lowest BCUT2D eigenvalue weighted by atomic mass is 9.83. The molecule has 9 aromatic rings. The van der Waals surface area contributed by atoms with E-state index < -0.39 is 0 Å². The van der Waals surface area contributed by atoms with Gasteiger partial charge in [0.25, 0.3) is 0 Å². The van der Waals surface area contributed by atoms with Crippen LogP contribution in [0.25, 0.3) is 88.3 Å². The molecular formula is C50H34. The van der Waals surface area contributed by atoms with Crippen molar-refractivity contribution in [2.24, 2.45) is 0 Å². The minimum atomic E-state index is 1.20. The van der Waals surface area contributed by atoms with Crippen molar-refractivity contribution in [1.29, 1.82) is 0 Å². The molecule has 9 aromatic carbocycles. The molecule has 0 aromatic heterocycles. The van der Waals surface area contributed by atoms with Crippen LogP contribution in [0.15, 0.2) is 206 Å². The Kier molecular flexibility index (Phi) is 7.61. The highest BCUT2D eigenvalue weighted by Crippen LogP contribution is 2.47. The SMILES string of the molecule is c1ccc(-c2cccc(-c3ccc(-c4ccc(-c5ccccc5)c(-c5c6ccccc6c(-c6ccccc6)c6ccccc56)c4)cc3)c2)cc1. The van der Waals surface area contributed by atoms with E-state index in [0.717, 1.165) is 0 Å². The maximum absolute atomic E-state index is 2.41. The van der Waals surface area contributed by atoms with E-state index in [4.69, 9.17) is 0 Å². The average molecular weight is 635 g/mol. The fourth-order valence-electron chi connectivity index (χ4n) is 7.50. The minimum Gasteiger partial charge on any atom is -0.0622 e. The fourth-order valence-corrected chi connectivity index (χ4v) is 7.50. The molecule has 0 aliphatic heterocycles. The van der Waals surface area contributed by atoms with Gasteiger partial charge in [0.05, 0.1) is 0 Å². The van der Waals surface area contributed by atoms with Crippen molar-refractivity contribution in [2.45, 2.75) is 0 Å². The summed E-state index contributed by atoms with van der Waals surface area (Å²) in [7, 11) is 0. The summed E-state index contributed by atoms with van der Waals surface area (Å²) in [5.41, 5.74) is 14.7. The standard InChI is InChI=1S/C50H34/c1-4-15-35(16-5-1)40-21-14-22-41(33-40)36-27-29-37(30-28-36)42-31-32-43(38-17-6-2-7-18-38)48(34-42)50-46-25-12-10-23-44(46)49(39-19-8-3-9-20-39)45-24-11-13-26-47(45)50/h1-34H. The molecular weight excluding hydrogens is 601 g/mol. The summed E-state index contributed by atoms with van der Waals surface area (Å²) in [6.07, 6.45) is 0. The molecule has 234 valence electrons. The molecule has 50 heavy (non-hydrogen) atoms. The lowest BCUT2D eigenvalue weighted by molar-refractivity contribution is 1.56. The molecule has 0 radical (unpaired) electrons. The Labute approximate surface area is 293 Å². The molecule has 0 aliphatic carbocycles. The Hall–Kier alpha value is -6.50. The Balaban J connectivity index is 1.23. The second-order valence-corrected chi connectivity index (χ2v) is 12.9. The first-order valence-electron chi connectivity index (χ1n) is 17.3. The zero-order valence-electron chi connectivity index (χ0n) is 27.6. The highest BCUT2D eigenvalue weighted by atomic mass is 14.2. The minimum absolute atomic E-state index is 1.20. The van der Waals surface area contributed by atoms with Crippen molar-refractivity contribution in [2.75, 3.05) is 0 Å². The summed E-state index contributed by atoms with van der Waals surface area (Å²) >= 11 is 0. The molecule has 0 saturated heterocycles. The van der Waals surface area contributed by atoms with Crippen LogP contribution in [0.2, 0.25) is 0 Å². The normalized spacial score (nSPS) is 11.2. The van der Waals surface area contributed by atoms with Crippen LogP contribution in [-0.4, -0.2) is 0 Å². The third-order valence-corrected chi connectivity index (χ3v) is 9.89. The van der Waals surface area contributed by atoms with Crippen LogP contribution in [0.4, 0.5) is 0 Å². The van der Waals surface area contributed by atoms with E-state index in [1.54, 1.807) is 0 Å². The van der Waals surface area contributed by atoms with E-state index >= 15 is 0 Å². The number of benzene rings is 9. The van der Waals surface area contributed by atoms with Crippen LogP contribution in [0.3, 0.4) is 0 Å². The lowest BCUT2D eigenvalue weighted by Crippen LogP contribution is -1.93. The van der Waals surface area contributed by atoms with Gasteiger partial charge in [0.1, 0.15) is 0 Å². The van der Waals surface area contributed by atoms with E-state index in [2.05, 4.69) is 206 Å². The zero-order chi connectivity index (χ0) is 33.3. The van der Waals surface area contributed by atoms with E-state index in [0.29, 0.717) is 0 Å². The number of hydrogen-bond donors (Lipinski definition) is 0. The molecule has 0 fully saturated rings. The predicted molar refractivity (Wildman–Crippen MR) is 214 cm³/mol. The van der Waals surface area contributed by atoms with Gasteiger partial charge in [-0.15, -0.1) is 0 Å². The van der Waals surface area contributed by atoms with E-state index in [9.17, 15) is 0 Å². The van der Waals surface area contributed by atoms with Crippen LogP contribution >= 0.6 is 0 Å². The fraction of sp³-hybridized carbons (Fsp3) is 0. The highest BCUT2D eigenvalue weighted by molar-refractivity contribution is 6.22. The van der Waals surface area contributed by atoms with Gasteiger partial charge in [0.2, 0.25) is 0 Å². The van der Waals surface area contributed by atoms with Crippen LogP contribution in [0, 0.1) is 0 Å². The first-order valence-corrected chi connectivity index (χ1v) is 17.3. The zero-order valence-corrected chi connectivity index (χ0v) is 27.6. The maximum Gasteiger partial charge on any atom is -0.00199 e. The summed E-state index contributed by atoms with van der Waals surface area (Å²) in [5, 5.41) is 5.04. The largest absolute Gasteiger partial charge is 0.0622 e. The third kappa shape index (κ3) is 5.38. The van der Waals surface area contributed by atoms with E-state index in [-0.39, 0.29) is 0 Å². The van der Waals surface area contributed by atoms with Crippen molar-refractivity contribution in [3.05, 3.63) is 206 Å². The third-order valence-electron chi connectivity index (χ3n) is 9.89. The van der Waals surface area contributed by atoms with Gasteiger partial charge in [-0.25, -0.2) is 0 Å². The Morgan fingerprint density at radius 3 is 1.06 bits per heavy atom. The van der Waals surface area contributed by atoms with Crippen LogP contribution < -0.4 is 0 Å². The first kappa shape index (κ1) is 29.6. The molecule has 0 N–H and O–H groups in total. The Morgan fingerprint density at radius 2 is 0.540 bits per heavy atom. The summed E-state index contributed by atoms with van der Waals surface area (Å²) in [6.45, 7) is 0. The van der Waals surface area contributed by atoms with Crippen LogP contribution in [-0.2, 0) is 0 Å². The molecule has 0 amide bonds. The summed E-state index contributed by atoms with van der Waals surface area (Å²) in [4.78, 5) is 0. The monoisotopic (exact) mass is 634 g/mol. The summed E-state index contributed by atoms with van der Waals surface area (Å²) < 4.78 is 0. The van der Waals surface area contributed by atoms with Gasteiger partial charge in [-0.3, -0.25) is 0 Å². The van der Waals surface area contributed by atoms with Gasteiger partial charge >= 0.3 is 0 Å². The molecule has 0 aliphatic rings. The number of hydrogen-bond acceptors (Lipinski definition) is 0. The van der Waals surface area contributed by atoms with Crippen molar-refractivity contribution >= 4 is 21.5 Å². The lowest BCUT2D eigenvalue weighted by Gasteiger charge is -2.20. The van der Waals surface area contributed by atoms with Gasteiger partial charge < -0.3 is 0 Å². The molecule has 0 atom stereocenters. The molecule has 0 bridgehead atoms. The van der Waals surface area contributed by atoms with Gasteiger partial charge in [0.15, 0.2) is 0 Å². The number of fused-ring (bicyclic) bond motifs is 2. The quantitative estimate of drug-likeness (QED) is 0.160. The summed E-state index contributed by atoms with van der Waals surface area (Å²) in [5.74, 6) is 0. The second-order valence-electron chi connectivity index (χ2n) is 12.9. The van der Waals surface area contributed by atoms with Crippen LogP contribution in [0.5, 0.6) is 0 Å². The van der Waals surface area contributed by atoms with Gasteiger partial charge in [-0.2, -0.15) is 0 Å². The predicted octanol–water partition coefficient (Wildman–Crippen LogP) is 14.0. The Bertz CT molecular complexity index is 2540. The molecule has 0 spiro atoms. The topological polar surface area (TPSA) is 0 Å². The molecule has 9 rings (SSSR count). The van der Waals surface area contributed by atoms with Gasteiger partial charge in [-0.1, -0.05) is 194 Å². The molecule has 0 saturated carbocycles. The molecule has 0 unspecified atom stereocenters. The van der Waals surface area contributed by atoms with Crippen molar-refractivity contribution in [1.82, 2.24) is 0 Å². The first-order chi connectivity index (χ1) is 24.8. The molecule has 0 heterocycles. The van der Waals surface area contributed by atoms with Crippen molar-refractivity contribution < 1.29 is 0 Å². The number of rotatable bonds is 6. The second kappa shape index (κ2) is 12.8. The van der Waals surface area contributed by atoms with Gasteiger partial charge in [0, 0.05) is 0 Å². The smallest absolute Gasteiger partial charge is 0.00199 e. The highest BCUT2D eigenvalue weighted by Gasteiger charge is 2.19. The van der Waals surface area contributed by atoms with E-state index in [1.807, 2.05) is 0 Å². The van der Waals surface area contributed by atoms with E-state index in [1.165, 1.54) is 88.3 Å². The molecule has 0 heteroatoms. The van der Waals surface area contributed by atoms with Crippen molar-refractivity contribution in [3.8, 4) is 66.8 Å². The Morgan fingerprint density at radius 1 is 0.180 bits per heavy atom. The molecule has 0 nitrogen and oxygen atoms in total. The van der Waals surface area contributed by atoms with Crippen molar-refractivity contribution in [3.63, 3.8) is 0 Å². The average Bonchev–Trinajstić information content (AvgIpc) is 3.21. The van der Waals surface area contributed by atoms with Gasteiger partial charge in [-0.05, 0) is 100 Å². The maximum atomic E-state index is 2.41.